The molecule has 0 aliphatic heterocycles. The van der Waals surface area contributed by atoms with Gasteiger partial charge in [0.1, 0.15) is 11.5 Å². The molecule has 5 nitrogen and oxygen atoms in total. The molecule has 0 fully saturated rings. The Morgan fingerprint density at radius 2 is 1.84 bits per heavy atom. The summed E-state index contributed by atoms with van der Waals surface area (Å²) in [4.78, 5) is 10.0. The van der Waals surface area contributed by atoms with E-state index in [0.717, 1.165) is 0 Å². The fourth-order valence-corrected chi connectivity index (χ4v) is 1.66. The Labute approximate surface area is 113 Å². The molecule has 0 spiro atoms. The van der Waals surface area contributed by atoms with E-state index in [9.17, 15) is 14.5 Å². The summed E-state index contributed by atoms with van der Waals surface area (Å²) in [5, 5.41) is 13.5. The van der Waals surface area contributed by atoms with Crippen molar-refractivity contribution in [3.8, 4) is 0 Å². The van der Waals surface area contributed by atoms with E-state index in [2.05, 4.69) is 5.32 Å². The average molecular weight is 282 g/mol. The van der Waals surface area contributed by atoms with Crippen molar-refractivity contribution in [2.75, 3.05) is 11.1 Å². The minimum absolute atomic E-state index is 0.0220. The van der Waals surface area contributed by atoms with Gasteiger partial charge >= 0.3 is 0 Å². The molecule has 0 aliphatic carbocycles. The SMILES string of the molecule is Nc1cc(Nc2ccc(Cl)c(F)c2)ccc1[N+](=O)[O-]. The highest BCUT2D eigenvalue weighted by Crippen LogP contribution is 2.27. The number of nitrogens with one attached hydrogen (secondary N) is 1. The molecule has 0 unspecified atom stereocenters. The zero-order valence-electron chi connectivity index (χ0n) is 9.56. The predicted molar refractivity (Wildman–Crippen MR) is 72.2 cm³/mol. The largest absolute Gasteiger partial charge is 0.393 e. The normalized spacial score (nSPS) is 10.2. The highest BCUT2D eigenvalue weighted by molar-refractivity contribution is 6.30. The Hall–Kier alpha value is -2.34. The van der Waals surface area contributed by atoms with Crippen LogP contribution in [0.25, 0.3) is 0 Å². The number of benzene rings is 2. The van der Waals surface area contributed by atoms with Crippen molar-refractivity contribution >= 4 is 34.4 Å². The smallest absolute Gasteiger partial charge is 0.292 e. The van der Waals surface area contributed by atoms with Gasteiger partial charge in [-0.05, 0) is 30.3 Å². The van der Waals surface area contributed by atoms with Gasteiger partial charge in [-0.15, -0.1) is 0 Å². The van der Waals surface area contributed by atoms with Crippen molar-refractivity contribution < 1.29 is 9.31 Å². The average Bonchev–Trinajstić information content (AvgIpc) is 2.33. The maximum Gasteiger partial charge on any atom is 0.292 e. The Morgan fingerprint density at radius 3 is 2.42 bits per heavy atom. The second-order valence-corrected chi connectivity index (χ2v) is 4.19. The van der Waals surface area contributed by atoms with E-state index < -0.39 is 10.7 Å². The van der Waals surface area contributed by atoms with Crippen molar-refractivity contribution in [1.29, 1.82) is 0 Å². The van der Waals surface area contributed by atoms with E-state index in [0.29, 0.717) is 11.4 Å². The number of anilines is 3. The standard InChI is InChI=1S/C12H9ClFN3O2/c13-9-3-1-7(5-10(9)14)16-8-2-4-12(17(18)19)11(15)6-8/h1-6,16H,15H2. The van der Waals surface area contributed by atoms with Crippen LogP contribution in [-0.4, -0.2) is 4.92 Å². The van der Waals surface area contributed by atoms with E-state index >= 15 is 0 Å². The highest BCUT2D eigenvalue weighted by Gasteiger charge is 2.11. The molecule has 2 aromatic carbocycles. The van der Waals surface area contributed by atoms with Crippen LogP contribution in [0.1, 0.15) is 0 Å². The Morgan fingerprint density at radius 1 is 1.21 bits per heavy atom. The van der Waals surface area contributed by atoms with Crippen LogP contribution in [0, 0.1) is 15.9 Å². The lowest BCUT2D eigenvalue weighted by atomic mass is 10.2. The van der Waals surface area contributed by atoms with Gasteiger partial charge in [0, 0.05) is 17.4 Å². The van der Waals surface area contributed by atoms with Crippen LogP contribution < -0.4 is 11.1 Å². The first-order valence-electron chi connectivity index (χ1n) is 5.23. The molecule has 2 rings (SSSR count). The van der Waals surface area contributed by atoms with Gasteiger partial charge in [-0.2, -0.15) is 0 Å². The number of rotatable bonds is 3. The van der Waals surface area contributed by atoms with E-state index in [-0.39, 0.29) is 16.4 Å². The third-order valence-corrected chi connectivity index (χ3v) is 2.74. The Balaban J connectivity index is 2.26. The lowest BCUT2D eigenvalue weighted by Crippen LogP contribution is -1.97. The second-order valence-electron chi connectivity index (χ2n) is 3.78. The zero-order valence-corrected chi connectivity index (χ0v) is 10.3. The van der Waals surface area contributed by atoms with Crippen molar-refractivity contribution in [2.24, 2.45) is 0 Å². The summed E-state index contributed by atoms with van der Waals surface area (Å²) in [6.45, 7) is 0. The van der Waals surface area contributed by atoms with Gasteiger partial charge in [0.25, 0.3) is 5.69 Å². The highest BCUT2D eigenvalue weighted by atomic mass is 35.5. The fourth-order valence-electron chi connectivity index (χ4n) is 1.54. The van der Waals surface area contributed by atoms with Crippen LogP contribution in [0.3, 0.4) is 0 Å². The van der Waals surface area contributed by atoms with Crippen molar-refractivity contribution in [3.05, 3.63) is 57.4 Å². The predicted octanol–water partition coefficient (Wildman–Crippen LogP) is 3.71. The van der Waals surface area contributed by atoms with Gasteiger partial charge in [0.2, 0.25) is 0 Å². The molecule has 0 radical (unpaired) electrons. The van der Waals surface area contributed by atoms with Crippen LogP contribution in [0.2, 0.25) is 5.02 Å². The lowest BCUT2D eigenvalue weighted by Gasteiger charge is -2.08. The first-order valence-corrected chi connectivity index (χ1v) is 5.61. The van der Waals surface area contributed by atoms with E-state index in [1.165, 1.54) is 30.3 Å². The molecular formula is C12H9ClFN3O2. The first kappa shape index (κ1) is 13.1. The minimum Gasteiger partial charge on any atom is -0.393 e. The molecular weight excluding hydrogens is 273 g/mol. The molecule has 0 heterocycles. The molecule has 0 aliphatic rings. The van der Waals surface area contributed by atoms with Gasteiger partial charge in [0.05, 0.1) is 9.95 Å². The van der Waals surface area contributed by atoms with Crippen molar-refractivity contribution in [3.63, 3.8) is 0 Å². The van der Waals surface area contributed by atoms with Gasteiger partial charge in [-0.25, -0.2) is 4.39 Å². The molecule has 0 atom stereocenters. The number of hydrogen-bond acceptors (Lipinski definition) is 4. The van der Waals surface area contributed by atoms with Crippen LogP contribution in [0.15, 0.2) is 36.4 Å². The minimum atomic E-state index is -0.568. The van der Waals surface area contributed by atoms with E-state index in [1.807, 2.05) is 0 Å². The molecule has 0 amide bonds. The molecule has 98 valence electrons. The van der Waals surface area contributed by atoms with Crippen LogP contribution >= 0.6 is 11.6 Å². The molecule has 0 saturated carbocycles. The summed E-state index contributed by atoms with van der Waals surface area (Å²) >= 11 is 5.57. The van der Waals surface area contributed by atoms with Crippen LogP contribution in [-0.2, 0) is 0 Å². The number of nitro benzene ring substituents is 1. The molecule has 0 aromatic heterocycles. The number of hydrogen-bond donors (Lipinski definition) is 2. The Bertz CT molecular complexity index is 649. The summed E-state index contributed by atoms with van der Waals surface area (Å²) in [6, 6.07) is 8.40. The molecule has 0 saturated heterocycles. The summed E-state index contributed by atoms with van der Waals surface area (Å²) < 4.78 is 13.2. The number of nitro groups is 1. The summed E-state index contributed by atoms with van der Waals surface area (Å²) in [7, 11) is 0. The zero-order chi connectivity index (χ0) is 14.0. The fraction of sp³-hybridized carbons (Fsp3) is 0. The first-order chi connectivity index (χ1) is 8.97. The molecule has 7 heteroatoms. The molecule has 19 heavy (non-hydrogen) atoms. The number of nitrogens with zero attached hydrogens (tertiary/aromatic N) is 1. The number of nitrogens with two attached hydrogens (primary N) is 1. The summed E-state index contributed by atoms with van der Waals surface area (Å²) in [5.41, 5.74) is 6.40. The maximum atomic E-state index is 13.2. The third kappa shape index (κ3) is 2.92. The number of nitrogen functional groups attached to an aromatic ring is 1. The quantitative estimate of drug-likeness (QED) is 0.510. The number of halogens is 2. The van der Waals surface area contributed by atoms with E-state index in [1.54, 1.807) is 6.07 Å². The summed E-state index contributed by atoms with van der Waals surface area (Å²) in [5.74, 6) is -0.554. The monoisotopic (exact) mass is 281 g/mol. The van der Waals surface area contributed by atoms with Crippen LogP contribution in [0.4, 0.5) is 27.1 Å². The summed E-state index contributed by atoms with van der Waals surface area (Å²) in [6.07, 6.45) is 0. The second kappa shape index (κ2) is 5.11. The third-order valence-electron chi connectivity index (χ3n) is 2.43. The Kier molecular flexibility index (Phi) is 3.52. The van der Waals surface area contributed by atoms with Gasteiger partial charge < -0.3 is 11.1 Å². The lowest BCUT2D eigenvalue weighted by molar-refractivity contribution is -0.383. The van der Waals surface area contributed by atoms with Crippen molar-refractivity contribution in [2.45, 2.75) is 0 Å². The van der Waals surface area contributed by atoms with Gasteiger partial charge in [-0.1, -0.05) is 11.6 Å². The molecule has 2 aromatic rings. The van der Waals surface area contributed by atoms with E-state index in [4.69, 9.17) is 17.3 Å². The van der Waals surface area contributed by atoms with Gasteiger partial charge in [-0.3, -0.25) is 10.1 Å². The topological polar surface area (TPSA) is 81.2 Å². The maximum absolute atomic E-state index is 13.2. The van der Waals surface area contributed by atoms with Gasteiger partial charge in [0.15, 0.2) is 0 Å². The molecule has 0 bridgehead atoms. The van der Waals surface area contributed by atoms with Crippen LogP contribution in [0.5, 0.6) is 0 Å². The molecule has 3 N–H and O–H groups in total. The van der Waals surface area contributed by atoms with Crippen molar-refractivity contribution in [1.82, 2.24) is 0 Å².